The second-order valence-corrected chi connectivity index (χ2v) is 16.9. The Balaban J connectivity index is 1.41. The van der Waals surface area contributed by atoms with Crippen LogP contribution in [0.15, 0.2) is 95.9 Å². The SMILES string of the molecule is CC(C)(C)[Si](OC[C@H]1[C@H](C2CCCCC2)N1CSc1ccccc1)(c1ccccc1)c1ccccc1. The molecule has 2 fully saturated rings. The fraction of sp³-hybridized carbons (Fsp3) is 0.438. The number of thioether (sulfide) groups is 1. The molecule has 1 saturated carbocycles. The maximum Gasteiger partial charge on any atom is 0.261 e. The maximum atomic E-state index is 7.38. The van der Waals surface area contributed by atoms with E-state index >= 15 is 0 Å². The van der Waals surface area contributed by atoms with E-state index in [-0.39, 0.29) is 5.04 Å². The fourth-order valence-electron chi connectivity index (χ4n) is 6.43. The van der Waals surface area contributed by atoms with Crippen molar-refractivity contribution in [1.29, 1.82) is 0 Å². The molecule has 0 radical (unpaired) electrons. The average molecular weight is 516 g/mol. The molecule has 0 N–H and O–H groups in total. The van der Waals surface area contributed by atoms with Gasteiger partial charge in [-0.05, 0) is 46.3 Å². The summed E-state index contributed by atoms with van der Waals surface area (Å²) < 4.78 is 7.38. The van der Waals surface area contributed by atoms with Gasteiger partial charge in [0.2, 0.25) is 0 Å². The molecule has 4 heteroatoms. The van der Waals surface area contributed by atoms with Crippen molar-refractivity contribution in [3.63, 3.8) is 0 Å². The fourth-order valence-corrected chi connectivity index (χ4v) is 12.0. The maximum absolute atomic E-state index is 7.38. The highest BCUT2D eigenvalue weighted by Crippen LogP contribution is 2.45. The van der Waals surface area contributed by atoms with Crippen LogP contribution >= 0.6 is 11.8 Å². The van der Waals surface area contributed by atoms with Crippen molar-refractivity contribution in [2.45, 2.75) is 74.9 Å². The Bertz CT molecular complexity index is 1040. The Morgan fingerprint density at radius 3 is 1.83 bits per heavy atom. The van der Waals surface area contributed by atoms with Gasteiger partial charge in [0, 0.05) is 22.9 Å². The minimum Gasteiger partial charge on any atom is -0.406 e. The second-order valence-electron chi connectivity index (χ2n) is 11.5. The molecule has 2 aliphatic rings. The first-order chi connectivity index (χ1) is 17.5. The van der Waals surface area contributed by atoms with Crippen molar-refractivity contribution in [3.8, 4) is 0 Å². The van der Waals surface area contributed by atoms with Crippen LogP contribution in [0.1, 0.15) is 52.9 Å². The van der Waals surface area contributed by atoms with Gasteiger partial charge in [0.15, 0.2) is 0 Å². The number of rotatable bonds is 9. The summed E-state index contributed by atoms with van der Waals surface area (Å²) in [4.78, 5) is 4.10. The molecular weight excluding hydrogens is 475 g/mol. The van der Waals surface area contributed by atoms with E-state index < -0.39 is 8.32 Å². The van der Waals surface area contributed by atoms with E-state index in [4.69, 9.17) is 4.43 Å². The van der Waals surface area contributed by atoms with Gasteiger partial charge in [-0.25, -0.2) is 0 Å². The van der Waals surface area contributed by atoms with E-state index in [1.807, 2.05) is 11.8 Å². The lowest BCUT2D eigenvalue weighted by Crippen LogP contribution is -2.67. The zero-order valence-electron chi connectivity index (χ0n) is 22.1. The van der Waals surface area contributed by atoms with Crippen molar-refractivity contribution < 1.29 is 4.43 Å². The molecule has 1 saturated heterocycles. The van der Waals surface area contributed by atoms with Crippen LogP contribution in [-0.2, 0) is 4.43 Å². The minimum atomic E-state index is -2.50. The van der Waals surface area contributed by atoms with Crippen LogP contribution in [0.5, 0.6) is 0 Å². The lowest BCUT2D eigenvalue weighted by molar-refractivity contribution is 0.280. The smallest absolute Gasteiger partial charge is 0.261 e. The van der Waals surface area contributed by atoms with E-state index in [2.05, 4.69) is 117 Å². The van der Waals surface area contributed by atoms with Crippen LogP contribution in [0.2, 0.25) is 5.04 Å². The molecule has 3 atom stereocenters. The molecule has 0 amide bonds. The largest absolute Gasteiger partial charge is 0.406 e. The van der Waals surface area contributed by atoms with Gasteiger partial charge >= 0.3 is 0 Å². The molecule has 1 heterocycles. The first-order valence-corrected chi connectivity index (χ1v) is 16.6. The Kier molecular flexibility index (Phi) is 8.07. The number of nitrogens with zero attached hydrogens (tertiary/aromatic N) is 1. The summed E-state index contributed by atoms with van der Waals surface area (Å²) in [6, 6.07) is 34.2. The molecule has 0 bridgehead atoms. The van der Waals surface area contributed by atoms with Gasteiger partial charge in [-0.15, -0.1) is 11.8 Å². The highest BCUT2D eigenvalue weighted by molar-refractivity contribution is 7.99. The summed E-state index contributed by atoms with van der Waals surface area (Å²) >= 11 is 1.98. The average Bonchev–Trinajstić information content (AvgIpc) is 3.62. The molecule has 2 nitrogen and oxygen atoms in total. The molecule has 5 rings (SSSR count). The predicted molar refractivity (Wildman–Crippen MR) is 157 cm³/mol. The molecule has 1 unspecified atom stereocenters. The number of hydrogen-bond donors (Lipinski definition) is 0. The first kappa shape index (κ1) is 25.8. The van der Waals surface area contributed by atoms with Gasteiger partial charge < -0.3 is 4.43 Å². The quantitative estimate of drug-likeness (QED) is 0.174. The predicted octanol–water partition coefficient (Wildman–Crippen LogP) is 6.95. The molecule has 3 aromatic carbocycles. The standard InChI is InChI=1S/C32H41NOSSi/c1-32(2,3)36(28-20-12-6-13-21-28,29-22-14-7-15-23-29)34-24-30-31(26-16-8-4-9-17-26)33(30)25-35-27-18-10-5-11-19-27/h5-7,10-15,18-23,26,30-31H,4,8-9,16-17,24-25H2,1-3H3/t30-,31-,33?/m0/s1. The molecule has 3 aromatic rings. The van der Waals surface area contributed by atoms with Crippen LogP contribution in [0.25, 0.3) is 0 Å². The Labute approximate surface area is 223 Å². The van der Waals surface area contributed by atoms with Crippen LogP contribution in [0.3, 0.4) is 0 Å². The van der Waals surface area contributed by atoms with E-state index in [1.54, 1.807) is 0 Å². The van der Waals surface area contributed by atoms with Gasteiger partial charge in [-0.3, -0.25) is 4.90 Å². The molecule has 36 heavy (non-hydrogen) atoms. The third-order valence-corrected chi connectivity index (χ3v) is 14.3. The molecule has 190 valence electrons. The summed E-state index contributed by atoms with van der Waals surface area (Å²) in [5.74, 6) is 1.88. The summed E-state index contributed by atoms with van der Waals surface area (Å²) in [5, 5.41) is 2.78. The van der Waals surface area contributed by atoms with E-state index in [0.717, 1.165) is 18.4 Å². The number of benzene rings is 3. The minimum absolute atomic E-state index is 0.0224. The summed E-state index contributed by atoms with van der Waals surface area (Å²) in [7, 11) is -2.50. The van der Waals surface area contributed by atoms with Crippen LogP contribution in [0.4, 0.5) is 0 Å². The summed E-state index contributed by atoms with van der Waals surface area (Å²) in [6.45, 7) is 7.97. The zero-order chi connectivity index (χ0) is 25.0. The Morgan fingerprint density at radius 2 is 1.31 bits per heavy atom. The van der Waals surface area contributed by atoms with E-state index in [1.165, 1.54) is 47.4 Å². The molecular formula is C32H41NOSSi. The molecule has 0 aromatic heterocycles. The van der Waals surface area contributed by atoms with Crippen molar-refractivity contribution in [3.05, 3.63) is 91.0 Å². The summed E-state index contributed by atoms with van der Waals surface area (Å²) in [6.07, 6.45) is 6.96. The highest BCUT2D eigenvalue weighted by Gasteiger charge is 2.55. The lowest BCUT2D eigenvalue weighted by atomic mass is 9.86. The normalized spacial score (nSPS) is 22.9. The molecule has 0 spiro atoms. The third kappa shape index (κ3) is 5.38. The Morgan fingerprint density at radius 1 is 0.778 bits per heavy atom. The highest BCUT2D eigenvalue weighted by atomic mass is 32.2. The second kappa shape index (κ2) is 11.3. The van der Waals surface area contributed by atoms with Crippen molar-refractivity contribution in [2.24, 2.45) is 5.92 Å². The monoisotopic (exact) mass is 515 g/mol. The van der Waals surface area contributed by atoms with Crippen molar-refractivity contribution in [1.82, 2.24) is 4.90 Å². The molecule has 1 aliphatic heterocycles. The van der Waals surface area contributed by atoms with E-state index in [0.29, 0.717) is 12.1 Å². The summed E-state index contributed by atoms with van der Waals surface area (Å²) in [5.41, 5.74) is 0. The van der Waals surface area contributed by atoms with E-state index in [9.17, 15) is 0 Å². The van der Waals surface area contributed by atoms with Crippen molar-refractivity contribution in [2.75, 3.05) is 12.5 Å². The van der Waals surface area contributed by atoms with Gasteiger partial charge in [-0.2, -0.15) is 0 Å². The van der Waals surface area contributed by atoms with Crippen LogP contribution < -0.4 is 10.4 Å². The molecule has 1 aliphatic carbocycles. The topological polar surface area (TPSA) is 12.2 Å². The van der Waals surface area contributed by atoms with Gasteiger partial charge in [0.05, 0.1) is 6.61 Å². The lowest BCUT2D eigenvalue weighted by Gasteiger charge is -2.43. The van der Waals surface area contributed by atoms with Gasteiger partial charge in [0.1, 0.15) is 0 Å². The first-order valence-electron chi connectivity index (χ1n) is 13.7. The van der Waals surface area contributed by atoms with Crippen LogP contribution in [-0.4, -0.2) is 37.8 Å². The zero-order valence-corrected chi connectivity index (χ0v) is 23.9. The van der Waals surface area contributed by atoms with Crippen molar-refractivity contribution >= 4 is 30.5 Å². The third-order valence-electron chi connectivity index (χ3n) is 8.26. The number of hydrogen-bond acceptors (Lipinski definition) is 3. The van der Waals surface area contributed by atoms with Gasteiger partial charge in [-0.1, -0.05) is 119 Å². The van der Waals surface area contributed by atoms with Gasteiger partial charge in [0.25, 0.3) is 8.32 Å². The van der Waals surface area contributed by atoms with Crippen LogP contribution in [0, 0.1) is 5.92 Å². The Hall–Kier alpha value is -1.85.